The van der Waals surface area contributed by atoms with E-state index in [-0.39, 0.29) is 54.4 Å². The number of ether oxygens (including phenoxy) is 1. The van der Waals surface area contributed by atoms with Crippen molar-refractivity contribution in [1.29, 1.82) is 0 Å². The average molecular weight is 671 g/mol. The van der Waals surface area contributed by atoms with Gasteiger partial charge in [-0.25, -0.2) is 17.2 Å². The van der Waals surface area contributed by atoms with Gasteiger partial charge < -0.3 is 20.5 Å². The maximum absolute atomic E-state index is 14.1. The summed E-state index contributed by atoms with van der Waals surface area (Å²) in [5.41, 5.74) is 4.80. The average Bonchev–Trinajstić information content (AvgIpc) is 3.03. The van der Waals surface area contributed by atoms with Crippen LogP contribution in [0.2, 0.25) is 0 Å². The first-order valence-corrected chi connectivity index (χ1v) is 16.7. The van der Waals surface area contributed by atoms with Crippen LogP contribution in [0.3, 0.4) is 0 Å². The molecule has 2 atom stereocenters. The number of rotatable bonds is 16. The molecule has 0 bridgehead atoms. The van der Waals surface area contributed by atoms with Crippen molar-refractivity contribution in [1.82, 2.24) is 16.1 Å². The molecule has 1 aliphatic heterocycles. The van der Waals surface area contributed by atoms with Gasteiger partial charge in [0, 0.05) is 36.8 Å². The third kappa shape index (κ3) is 10.1. The largest absolute Gasteiger partial charge is 0.497 e. The van der Waals surface area contributed by atoms with Gasteiger partial charge in [0.25, 0.3) is 5.91 Å². The number of aliphatic hydroxyl groups excluding tert-OH is 1. The topological polar surface area (TPSA) is 129 Å². The molecule has 0 spiro atoms. The molecular formula is C34H40F2N4O6S. The van der Waals surface area contributed by atoms with Crippen LogP contribution in [0.15, 0.2) is 79.9 Å². The molecule has 1 heterocycles. The Balaban J connectivity index is 1.61. The summed E-state index contributed by atoms with van der Waals surface area (Å²) in [6, 6.07) is 13.9. The lowest BCUT2D eigenvalue weighted by Gasteiger charge is -2.29. The fourth-order valence-corrected chi connectivity index (χ4v) is 6.82. The monoisotopic (exact) mass is 670 g/mol. The Kier molecular flexibility index (Phi) is 12.5. The van der Waals surface area contributed by atoms with Gasteiger partial charge in [0.1, 0.15) is 17.4 Å². The predicted molar refractivity (Wildman–Crippen MR) is 177 cm³/mol. The summed E-state index contributed by atoms with van der Waals surface area (Å²) in [5.74, 6) is -1.58. The van der Waals surface area contributed by atoms with Crippen LogP contribution < -0.4 is 25.2 Å². The van der Waals surface area contributed by atoms with Crippen LogP contribution in [0.1, 0.15) is 39.9 Å². The standard InChI is InChI=1S/C34H40F2N4O6S/c1-4-11-46-39-23(2)26-17-27(19-30(18-26)40-10-5-6-12-47(40,43)44)34(42)38-32(16-25-13-28(35)20-29(36)14-25)33(41)22-37-21-24-8-7-9-31(15-24)45-3/h4,7-9,13-15,17-20,32-33,37,39,41H,1-2,5-6,10-12,16,21-22H2,3H3,(H,38,42)/t32-,33+/m0/s1. The molecule has 1 amide bonds. The molecular weight excluding hydrogens is 630 g/mol. The second-order valence-corrected chi connectivity index (χ2v) is 13.2. The first kappa shape index (κ1) is 35.6. The summed E-state index contributed by atoms with van der Waals surface area (Å²) in [6.07, 6.45) is 1.41. The van der Waals surface area contributed by atoms with E-state index in [2.05, 4.69) is 29.3 Å². The molecule has 4 rings (SSSR count). The molecule has 1 saturated heterocycles. The van der Waals surface area contributed by atoms with Crippen molar-refractivity contribution in [2.75, 3.05) is 36.9 Å². The minimum absolute atomic E-state index is 0.0262. The lowest BCUT2D eigenvalue weighted by atomic mass is 9.99. The molecule has 13 heteroatoms. The summed E-state index contributed by atoms with van der Waals surface area (Å²) in [4.78, 5) is 19.1. The number of carbonyl (C=O) groups is 1. The number of amides is 1. The van der Waals surface area contributed by atoms with E-state index in [9.17, 15) is 27.1 Å². The van der Waals surface area contributed by atoms with Crippen molar-refractivity contribution < 1.29 is 36.7 Å². The summed E-state index contributed by atoms with van der Waals surface area (Å²) in [5, 5.41) is 17.2. The second kappa shape index (κ2) is 16.5. The van der Waals surface area contributed by atoms with Crippen LogP contribution in [0, 0.1) is 11.6 Å². The fraction of sp³-hybridized carbons (Fsp3) is 0.324. The molecule has 1 aliphatic rings. The molecule has 3 aromatic rings. The molecule has 252 valence electrons. The molecule has 10 nitrogen and oxygen atoms in total. The third-order valence-electron chi connectivity index (χ3n) is 7.54. The van der Waals surface area contributed by atoms with Crippen LogP contribution in [-0.2, 0) is 27.8 Å². The molecule has 0 saturated carbocycles. The number of sulfonamides is 1. The first-order valence-electron chi connectivity index (χ1n) is 15.1. The first-order chi connectivity index (χ1) is 22.5. The van der Waals surface area contributed by atoms with E-state index < -0.39 is 39.7 Å². The summed E-state index contributed by atoms with van der Waals surface area (Å²) in [7, 11) is -2.06. The number of anilines is 1. The Morgan fingerprint density at radius 2 is 1.81 bits per heavy atom. The van der Waals surface area contributed by atoms with Gasteiger partial charge in [-0.1, -0.05) is 24.8 Å². The van der Waals surface area contributed by atoms with E-state index in [1.54, 1.807) is 13.2 Å². The van der Waals surface area contributed by atoms with Gasteiger partial charge >= 0.3 is 0 Å². The highest BCUT2D eigenvalue weighted by Crippen LogP contribution is 2.28. The highest BCUT2D eigenvalue weighted by Gasteiger charge is 2.28. The molecule has 4 N–H and O–H groups in total. The molecule has 0 radical (unpaired) electrons. The number of hydrogen-bond donors (Lipinski definition) is 4. The fourth-order valence-electron chi connectivity index (χ4n) is 5.19. The van der Waals surface area contributed by atoms with Gasteiger partial charge in [-0.15, -0.1) is 6.58 Å². The highest BCUT2D eigenvalue weighted by molar-refractivity contribution is 7.92. The van der Waals surface area contributed by atoms with Crippen molar-refractivity contribution in [2.24, 2.45) is 0 Å². The number of halogens is 2. The maximum Gasteiger partial charge on any atom is 0.251 e. The zero-order chi connectivity index (χ0) is 34.0. The smallest absolute Gasteiger partial charge is 0.251 e. The van der Waals surface area contributed by atoms with Crippen molar-refractivity contribution in [2.45, 2.75) is 38.0 Å². The van der Waals surface area contributed by atoms with Crippen molar-refractivity contribution in [3.8, 4) is 5.75 Å². The van der Waals surface area contributed by atoms with E-state index in [1.165, 1.54) is 22.5 Å². The Morgan fingerprint density at radius 1 is 1.06 bits per heavy atom. The van der Waals surface area contributed by atoms with E-state index in [0.717, 1.165) is 23.8 Å². The van der Waals surface area contributed by atoms with Crippen LogP contribution in [0.4, 0.5) is 14.5 Å². The van der Waals surface area contributed by atoms with Crippen LogP contribution in [0.5, 0.6) is 5.75 Å². The number of benzene rings is 3. The molecule has 1 fully saturated rings. The number of hydroxylamine groups is 1. The van der Waals surface area contributed by atoms with Gasteiger partial charge in [-0.2, -0.15) is 0 Å². The molecule has 0 unspecified atom stereocenters. The van der Waals surface area contributed by atoms with Gasteiger partial charge in [0.05, 0.1) is 43.0 Å². The van der Waals surface area contributed by atoms with Crippen molar-refractivity contribution in [3.63, 3.8) is 0 Å². The van der Waals surface area contributed by atoms with Gasteiger partial charge in [-0.05, 0) is 72.9 Å². The number of aliphatic hydroxyl groups is 1. The molecule has 3 aromatic carbocycles. The van der Waals surface area contributed by atoms with Gasteiger partial charge in [-0.3, -0.25) is 19.4 Å². The Hall–Kier alpha value is -4.30. The van der Waals surface area contributed by atoms with Crippen molar-refractivity contribution >= 4 is 27.3 Å². The van der Waals surface area contributed by atoms with E-state index in [1.807, 2.05) is 24.3 Å². The van der Waals surface area contributed by atoms with E-state index in [0.29, 0.717) is 30.7 Å². The van der Waals surface area contributed by atoms with Crippen molar-refractivity contribution in [3.05, 3.63) is 114 Å². The summed E-state index contributed by atoms with van der Waals surface area (Å²) < 4.78 is 60.6. The van der Waals surface area contributed by atoms with Crippen LogP contribution in [0.25, 0.3) is 5.70 Å². The SMILES string of the molecule is C=CCONC(=C)c1cc(C(=O)N[C@@H](Cc2cc(F)cc(F)c2)[C@H](O)CNCc2cccc(OC)c2)cc(N2CCCCS2(=O)=O)c1. The second-order valence-electron chi connectivity index (χ2n) is 11.2. The highest BCUT2D eigenvalue weighted by atomic mass is 32.2. The number of methoxy groups -OCH3 is 1. The number of carbonyl (C=O) groups excluding carboxylic acids is 1. The van der Waals surface area contributed by atoms with E-state index >= 15 is 0 Å². The quantitative estimate of drug-likeness (QED) is 0.102. The molecule has 0 aliphatic carbocycles. The third-order valence-corrected chi connectivity index (χ3v) is 9.41. The number of hydrogen-bond acceptors (Lipinski definition) is 8. The number of nitrogens with one attached hydrogen (secondary N) is 3. The maximum atomic E-state index is 14.1. The van der Waals surface area contributed by atoms with Crippen LogP contribution >= 0.6 is 0 Å². The number of nitrogens with zero attached hydrogens (tertiary/aromatic N) is 1. The lowest BCUT2D eigenvalue weighted by molar-refractivity contribution is 0.0829. The lowest BCUT2D eigenvalue weighted by Crippen LogP contribution is -2.48. The Bertz CT molecular complexity index is 1670. The summed E-state index contributed by atoms with van der Waals surface area (Å²) in [6.45, 7) is 8.35. The predicted octanol–water partition coefficient (Wildman–Crippen LogP) is 4.07. The van der Waals surface area contributed by atoms with E-state index in [4.69, 9.17) is 9.57 Å². The zero-order valence-electron chi connectivity index (χ0n) is 26.2. The minimum Gasteiger partial charge on any atom is -0.497 e. The minimum atomic E-state index is -3.63. The Morgan fingerprint density at radius 3 is 2.51 bits per heavy atom. The normalized spacial score (nSPS) is 15.4. The van der Waals surface area contributed by atoms with Gasteiger partial charge in [0.2, 0.25) is 10.0 Å². The molecule has 47 heavy (non-hydrogen) atoms. The summed E-state index contributed by atoms with van der Waals surface area (Å²) >= 11 is 0. The van der Waals surface area contributed by atoms with Crippen LogP contribution in [-0.4, -0.2) is 64.1 Å². The molecule has 0 aromatic heterocycles. The van der Waals surface area contributed by atoms with Gasteiger partial charge in [0.15, 0.2) is 0 Å². The Labute approximate surface area is 274 Å². The zero-order valence-corrected chi connectivity index (χ0v) is 27.0.